The molecule has 3 amide bonds. The zero-order valence-electron chi connectivity index (χ0n) is 15.0. The highest BCUT2D eigenvalue weighted by atomic mass is 35.5. The highest BCUT2D eigenvalue weighted by Crippen LogP contribution is 2.25. The van der Waals surface area contributed by atoms with Crippen molar-refractivity contribution in [1.82, 2.24) is 9.80 Å². The second-order valence-electron chi connectivity index (χ2n) is 6.27. The average molecular weight is 387 g/mol. The summed E-state index contributed by atoms with van der Waals surface area (Å²) in [5.41, 5.74) is 0.656. The molecule has 0 saturated carbocycles. The third kappa shape index (κ3) is 3.80. The smallest absolute Gasteiger partial charge is 0.262 e. The highest BCUT2D eigenvalue weighted by molar-refractivity contribution is 6.30. The molecule has 1 aliphatic heterocycles. The number of amides is 3. The summed E-state index contributed by atoms with van der Waals surface area (Å²) in [4.78, 5) is 40.1. The normalized spacial score (nSPS) is 14.1. The van der Waals surface area contributed by atoms with Gasteiger partial charge in [0.2, 0.25) is 5.91 Å². The predicted molar refractivity (Wildman–Crippen MR) is 101 cm³/mol. The van der Waals surface area contributed by atoms with Gasteiger partial charge in [0.1, 0.15) is 18.4 Å². The molecule has 27 heavy (non-hydrogen) atoms. The lowest BCUT2D eigenvalue weighted by Crippen LogP contribution is -2.49. The molecule has 7 heteroatoms. The highest BCUT2D eigenvalue weighted by Gasteiger charge is 2.41. The van der Waals surface area contributed by atoms with E-state index in [-0.39, 0.29) is 12.5 Å². The first kappa shape index (κ1) is 18.9. The first-order valence-corrected chi connectivity index (χ1v) is 8.88. The van der Waals surface area contributed by atoms with E-state index < -0.39 is 17.9 Å². The minimum atomic E-state index is -0.895. The van der Waals surface area contributed by atoms with Crippen LogP contribution >= 0.6 is 11.6 Å². The lowest BCUT2D eigenvalue weighted by molar-refractivity contribution is -0.133. The van der Waals surface area contributed by atoms with E-state index in [1.165, 1.54) is 4.90 Å². The molecular weight excluding hydrogens is 368 g/mol. The molecule has 0 aliphatic carbocycles. The summed E-state index contributed by atoms with van der Waals surface area (Å²) in [5, 5.41) is 0.566. The van der Waals surface area contributed by atoms with Crippen LogP contribution in [0.3, 0.4) is 0 Å². The van der Waals surface area contributed by atoms with E-state index >= 15 is 0 Å². The molecule has 1 aliphatic rings. The van der Waals surface area contributed by atoms with Crippen LogP contribution in [0, 0.1) is 0 Å². The monoisotopic (exact) mass is 386 g/mol. The third-order valence-electron chi connectivity index (χ3n) is 4.44. The van der Waals surface area contributed by atoms with Crippen molar-refractivity contribution < 1.29 is 19.1 Å². The summed E-state index contributed by atoms with van der Waals surface area (Å²) in [6.07, 6.45) is 0. The average Bonchev–Trinajstić information content (AvgIpc) is 2.91. The number of carbonyl (C=O) groups is 3. The number of imide groups is 1. The van der Waals surface area contributed by atoms with Crippen molar-refractivity contribution in [2.75, 3.05) is 20.2 Å². The van der Waals surface area contributed by atoms with Crippen LogP contribution in [0.25, 0.3) is 0 Å². The second-order valence-corrected chi connectivity index (χ2v) is 6.70. The fourth-order valence-electron chi connectivity index (χ4n) is 2.96. The van der Waals surface area contributed by atoms with Gasteiger partial charge in [-0.1, -0.05) is 29.8 Å². The van der Waals surface area contributed by atoms with Crippen molar-refractivity contribution in [3.63, 3.8) is 0 Å². The van der Waals surface area contributed by atoms with Crippen LogP contribution in [0.15, 0.2) is 48.5 Å². The molecule has 0 radical (unpaired) electrons. The van der Waals surface area contributed by atoms with Gasteiger partial charge in [0, 0.05) is 12.1 Å². The van der Waals surface area contributed by atoms with E-state index in [1.807, 2.05) is 0 Å². The van der Waals surface area contributed by atoms with Gasteiger partial charge in [-0.25, -0.2) is 0 Å². The molecule has 0 N–H and O–H groups in total. The molecule has 0 aromatic heterocycles. The van der Waals surface area contributed by atoms with Gasteiger partial charge in [0.15, 0.2) is 0 Å². The number of benzene rings is 2. The first-order chi connectivity index (χ1) is 12.9. The Kier molecular flexibility index (Phi) is 5.46. The van der Waals surface area contributed by atoms with E-state index in [0.29, 0.717) is 28.4 Å². The van der Waals surface area contributed by atoms with Crippen LogP contribution in [0.5, 0.6) is 5.75 Å². The number of hydrogen-bond donors (Lipinski definition) is 0. The summed E-state index contributed by atoms with van der Waals surface area (Å²) >= 11 is 5.90. The van der Waals surface area contributed by atoms with Crippen LogP contribution in [0.1, 0.15) is 27.6 Å². The Bertz CT molecular complexity index is 864. The van der Waals surface area contributed by atoms with Gasteiger partial charge < -0.3 is 9.64 Å². The van der Waals surface area contributed by atoms with Gasteiger partial charge in [-0.3, -0.25) is 19.3 Å². The lowest BCUT2D eigenvalue weighted by atomic mass is 10.1. The minimum absolute atomic E-state index is 0.261. The van der Waals surface area contributed by atoms with E-state index in [0.717, 1.165) is 4.90 Å². The zero-order chi connectivity index (χ0) is 19.6. The number of nitrogens with zero attached hydrogens (tertiary/aromatic N) is 2. The molecule has 140 valence electrons. The molecule has 1 unspecified atom stereocenters. The molecule has 0 bridgehead atoms. The van der Waals surface area contributed by atoms with Crippen molar-refractivity contribution in [3.8, 4) is 5.75 Å². The standard InChI is InChI=1S/C20H19ClN2O4/c1-13(23-19(25)16-8-3-4-9-17(16)20(23)26)18(24)22(2)10-11-27-15-7-5-6-14(21)12-15/h3-9,12-13H,10-11H2,1-2H3. The Morgan fingerprint density at radius 2 is 1.74 bits per heavy atom. The number of hydrogen-bond acceptors (Lipinski definition) is 4. The fourth-order valence-corrected chi connectivity index (χ4v) is 3.14. The molecule has 0 spiro atoms. The number of carbonyl (C=O) groups excluding carboxylic acids is 3. The van der Waals surface area contributed by atoms with E-state index in [9.17, 15) is 14.4 Å². The Hall–Kier alpha value is -2.86. The largest absolute Gasteiger partial charge is 0.492 e. The number of halogens is 1. The molecule has 1 atom stereocenters. The SMILES string of the molecule is CC(C(=O)N(C)CCOc1cccc(Cl)c1)N1C(=O)c2ccccc2C1=O. The van der Waals surface area contributed by atoms with Gasteiger partial charge in [-0.15, -0.1) is 0 Å². The van der Waals surface area contributed by atoms with Gasteiger partial charge in [-0.05, 0) is 37.3 Å². The van der Waals surface area contributed by atoms with Crippen molar-refractivity contribution in [2.24, 2.45) is 0 Å². The third-order valence-corrected chi connectivity index (χ3v) is 4.67. The molecule has 2 aromatic carbocycles. The van der Waals surface area contributed by atoms with Crippen LogP contribution in [-0.2, 0) is 4.79 Å². The van der Waals surface area contributed by atoms with Gasteiger partial charge in [0.25, 0.3) is 11.8 Å². The Labute approximate surface area is 162 Å². The van der Waals surface area contributed by atoms with Crippen molar-refractivity contribution in [1.29, 1.82) is 0 Å². The molecule has 2 aromatic rings. The summed E-state index contributed by atoms with van der Waals surface area (Å²) in [5.74, 6) is -0.615. The Balaban J connectivity index is 1.60. The van der Waals surface area contributed by atoms with Gasteiger partial charge >= 0.3 is 0 Å². The molecule has 3 rings (SSSR count). The van der Waals surface area contributed by atoms with Crippen molar-refractivity contribution in [2.45, 2.75) is 13.0 Å². The Morgan fingerprint density at radius 3 is 2.33 bits per heavy atom. The maximum atomic E-state index is 12.7. The zero-order valence-corrected chi connectivity index (χ0v) is 15.8. The number of ether oxygens (including phenoxy) is 1. The topological polar surface area (TPSA) is 66.9 Å². The molecule has 1 heterocycles. The van der Waals surface area contributed by atoms with Crippen LogP contribution in [0.4, 0.5) is 0 Å². The quantitative estimate of drug-likeness (QED) is 0.716. The summed E-state index contributed by atoms with van der Waals surface area (Å²) in [6, 6.07) is 12.7. The lowest BCUT2D eigenvalue weighted by Gasteiger charge is -2.26. The Morgan fingerprint density at radius 1 is 1.11 bits per heavy atom. The van der Waals surface area contributed by atoms with E-state index in [4.69, 9.17) is 16.3 Å². The van der Waals surface area contributed by atoms with Gasteiger partial charge in [-0.2, -0.15) is 0 Å². The van der Waals surface area contributed by atoms with Crippen molar-refractivity contribution in [3.05, 3.63) is 64.7 Å². The number of likely N-dealkylation sites (N-methyl/N-ethyl adjacent to an activating group) is 1. The van der Waals surface area contributed by atoms with Crippen LogP contribution in [-0.4, -0.2) is 53.8 Å². The summed E-state index contributed by atoms with van der Waals surface area (Å²) < 4.78 is 5.58. The van der Waals surface area contributed by atoms with Crippen LogP contribution < -0.4 is 4.74 Å². The summed E-state index contributed by atoms with van der Waals surface area (Å²) in [6.45, 7) is 2.12. The van der Waals surface area contributed by atoms with Crippen molar-refractivity contribution >= 4 is 29.3 Å². The maximum absolute atomic E-state index is 12.7. The molecular formula is C20H19ClN2O4. The second kappa shape index (κ2) is 7.80. The molecule has 0 saturated heterocycles. The molecule has 6 nitrogen and oxygen atoms in total. The number of fused-ring (bicyclic) bond motifs is 1. The maximum Gasteiger partial charge on any atom is 0.262 e. The van der Waals surface area contributed by atoms with Gasteiger partial charge in [0.05, 0.1) is 17.7 Å². The van der Waals surface area contributed by atoms with E-state index in [1.54, 1.807) is 62.5 Å². The minimum Gasteiger partial charge on any atom is -0.492 e. The number of rotatable bonds is 6. The fraction of sp³-hybridized carbons (Fsp3) is 0.250. The van der Waals surface area contributed by atoms with E-state index in [2.05, 4.69) is 0 Å². The summed E-state index contributed by atoms with van der Waals surface area (Å²) in [7, 11) is 1.61. The predicted octanol–water partition coefficient (Wildman–Crippen LogP) is 2.86. The van der Waals surface area contributed by atoms with Crippen LogP contribution in [0.2, 0.25) is 5.02 Å². The first-order valence-electron chi connectivity index (χ1n) is 8.50. The molecule has 0 fully saturated rings.